The number of halogens is 2. The second-order valence-electron chi connectivity index (χ2n) is 2.15. The van der Waals surface area contributed by atoms with Crippen LogP contribution < -0.4 is 5.73 Å². The summed E-state index contributed by atoms with van der Waals surface area (Å²) < 4.78 is 0. The van der Waals surface area contributed by atoms with Crippen LogP contribution in [0.3, 0.4) is 0 Å². The molecule has 0 aliphatic carbocycles. The Balaban J connectivity index is 4.79. The van der Waals surface area contributed by atoms with Gasteiger partial charge in [-0.1, -0.05) is 11.6 Å². The molecule has 0 saturated heterocycles. The van der Waals surface area contributed by atoms with Crippen LogP contribution in [0.1, 0.15) is 13.8 Å². The van der Waals surface area contributed by atoms with Crippen molar-refractivity contribution in [2.45, 2.75) is 19.2 Å². The molecule has 0 aromatic rings. The Labute approximate surface area is 81.2 Å². The zero-order valence-electron chi connectivity index (χ0n) is 6.84. The molecule has 5 heteroatoms. The number of nitrogens with two attached hydrogens (primary N) is 1. The molecule has 0 aromatic heterocycles. The Morgan fingerprint density at radius 1 is 1.67 bits per heavy atom. The van der Waals surface area contributed by atoms with Crippen LogP contribution in [0.2, 0.25) is 0 Å². The van der Waals surface area contributed by atoms with E-state index in [9.17, 15) is 4.79 Å². The Morgan fingerprint density at radius 3 is 2.42 bits per heavy atom. The van der Waals surface area contributed by atoms with E-state index in [1.807, 2.05) is 0 Å². The first-order valence-electron chi connectivity index (χ1n) is 3.30. The number of allylic oxidation sites excluding steroid dienone is 1. The van der Waals surface area contributed by atoms with Gasteiger partial charge >= 0.3 is 0 Å². The van der Waals surface area contributed by atoms with Crippen LogP contribution in [0.4, 0.5) is 0 Å². The smallest absolute Gasteiger partial charge is 0.242 e. The van der Waals surface area contributed by atoms with E-state index in [-0.39, 0.29) is 10.9 Å². The van der Waals surface area contributed by atoms with Crippen LogP contribution in [0.25, 0.3) is 0 Å². The number of nitrogens with zero attached hydrogens (tertiary/aromatic N) is 1. The molecule has 0 rings (SSSR count). The van der Waals surface area contributed by atoms with E-state index in [0.29, 0.717) is 5.71 Å². The van der Waals surface area contributed by atoms with Crippen molar-refractivity contribution in [3.63, 3.8) is 0 Å². The largest absolute Gasteiger partial charge is 0.403 e. The van der Waals surface area contributed by atoms with Gasteiger partial charge in [0.15, 0.2) is 0 Å². The first kappa shape index (κ1) is 11.5. The molecule has 0 fully saturated rings. The minimum Gasteiger partial charge on any atom is -0.403 e. The second kappa shape index (κ2) is 5.17. The maximum Gasteiger partial charge on any atom is 0.242 e. The third-order valence-corrected chi connectivity index (χ3v) is 1.57. The predicted molar refractivity (Wildman–Crippen MR) is 51.6 cm³/mol. The summed E-state index contributed by atoms with van der Waals surface area (Å²) in [5, 5.41) is -0.228. The zero-order chi connectivity index (χ0) is 9.72. The molecular formula is C7H10Cl2N2O. The van der Waals surface area contributed by atoms with Gasteiger partial charge in [-0.2, -0.15) is 0 Å². The molecular weight excluding hydrogens is 199 g/mol. The summed E-state index contributed by atoms with van der Waals surface area (Å²) in [6, 6.07) is 0. The van der Waals surface area contributed by atoms with Gasteiger partial charge in [0.2, 0.25) is 5.91 Å². The van der Waals surface area contributed by atoms with Crippen molar-refractivity contribution in [3.8, 4) is 0 Å². The van der Waals surface area contributed by atoms with Gasteiger partial charge in [-0.3, -0.25) is 4.79 Å². The average Bonchev–Trinajstić information content (AvgIpc) is 1.98. The van der Waals surface area contributed by atoms with Crippen LogP contribution in [-0.4, -0.2) is 17.0 Å². The molecule has 0 radical (unpaired) electrons. The lowest BCUT2D eigenvalue weighted by molar-refractivity contribution is -0.115. The lowest BCUT2D eigenvalue weighted by Gasteiger charge is -2.04. The molecule has 0 bridgehead atoms. The fraction of sp³-hybridized carbons (Fsp3) is 0.429. The van der Waals surface area contributed by atoms with Gasteiger partial charge in [0, 0.05) is 13.1 Å². The fourth-order valence-corrected chi connectivity index (χ4v) is 1.02. The van der Waals surface area contributed by atoms with Crippen LogP contribution in [-0.2, 0) is 4.79 Å². The number of hydrogen-bond acceptors (Lipinski definition) is 2. The van der Waals surface area contributed by atoms with E-state index in [1.54, 1.807) is 6.92 Å². The first-order chi connectivity index (χ1) is 5.49. The molecule has 2 N–H and O–H groups in total. The molecule has 0 heterocycles. The van der Waals surface area contributed by atoms with Crippen molar-refractivity contribution < 1.29 is 4.79 Å². The maximum atomic E-state index is 10.6. The highest BCUT2D eigenvalue weighted by molar-refractivity contribution is 6.50. The highest BCUT2D eigenvalue weighted by Crippen LogP contribution is 2.11. The summed E-state index contributed by atoms with van der Waals surface area (Å²) >= 11 is 11.3. The summed E-state index contributed by atoms with van der Waals surface area (Å²) in [6.07, 6.45) is 1.15. The number of hydrogen-bond donors (Lipinski definition) is 1. The summed E-state index contributed by atoms with van der Waals surface area (Å²) in [4.78, 5) is 14.2. The molecule has 1 atom stereocenters. The van der Waals surface area contributed by atoms with Crippen LogP contribution >= 0.6 is 23.2 Å². The van der Waals surface area contributed by atoms with E-state index >= 15 is 0 Å². The number of amides is 1. The van der Waals surface area contributed by atoms with Crippen molar-refractivity contribution in [2.24, 2.45) is 10.7 Å². The van der Waals surface area contributed by atoms with Crippen LogP contribution in [0.5, 0.6) is 0 Å². The first-order valence-corrected chi connectivity index (χ1v) is 4.11. The molecule has 3 nitrogen and oxygen atoms in total. The van der Waals surface area contributed by atoms with E-state index in [4.69, 9.17) is 28.9 Å². The SMILES string of the molecule is CC(=O)N=C(C(Cl)=CN)C(C)Cl. The van der Waals surface area contributed by atoms with Gasteiger partial charge in [0.25, 0.3) is 0 Å². The van der Waals surface area contributed by atoms with Gasteiger partial charge in [-0.05, 0) is 6.92 Å². The van der Waals surface area contributed by atoms with Crippen molar-refractivity contribution >= 4 is 34.8 Å². The number of carbonyl (C=O) groups is 1. The minimum atomic E-state index is -0.429. The van der Waals surface area contributed by atoms with Gasteiger partial charge in [0.1, 0.15) is 0 Å². The highest BCUT2D eigenvalue weighted by Gasteiger charge is 2.11. The third kappa shape index (κ3) is 3.74. The molecule has 0 aromatic carbocycles. The van der Waals surface area contributed by atoms with E-state index in [2.05, 4.69) is 4.99 Å². The van der Waals surface area contributed by atoms with Crippen molar-refractivity contribution in [1.82, 2.24) is 0 Å². The summed E-state index contributed by atoms with van der Waals surface area (Å²) in [5.41, 5.74) is 5.44. The zero-order valence-corrected chi connectivity index (χ0v) is 8.36. The third-order valence-electron chi connectivity index (χ3n) is 1.05. The van der Waals surface area contributed by atoms with Crippen LogP contribution in [0.15, 0.2) is 16.2 Å². The summed E-state index contributed by atoms with van der Waals surface area (Å²) in [5.74, 6) is -0.350. The topological polar surface area (TPSA) is 55.5 Å². The van der Waals surface area contributed by atoms with Gasteiger partial charge in [-0.25, -0.2) is 4.99 Å². The monoisotopic (exact) mass is 208 g/mol. The van der Waals surface area contributed by atoms with Crippen molar-refractivity contribution in [1.29, 1.82) is 0 Å². The van der Waals surface area contributed by atoms with E-state index in [1.165, 1.54) is 6.92 Å². The quantitative estimate of drug-likeness (QED) is 0.555. The second-order valence-corrected chi connectivity index (χ2v) is 3.21. The van der Waals surface area contributed by atoms with Crippen LogP contribution in [0, 0.1) is 0 Å². The molecule has 1 unspecified atom stereocenters. The maximum absolute atomic E-state index is 10.6. The Bertz CT molecular complexity index is 234. The average molecular weight is 209 g/mol. The number of aliphatic imine (C=N–C) groups is 1. The molecule has 0 aliphatic heterocycles. The normalized spacial score (nSPS) is 16.0. The predicted octanol–water partition coefficient (Wildman–Crippen LogP) is 1.64. The number of alkyl halides is 1. The van der Waals surface area contributed by atoms with Crippen molar-refractivity contribution in [3.05, 3.63) is 11.2 Å². The number of carbonyl (C=O) groups excluding carboxylic acids is 1. The standard InChI is InChI=1S/C7H10Cl2N2O/c1-4(8)7(6(9)3-10)11-5(2)12/h3-4H,10H2,1-2H3. The minimum absolute atomic E-state index is 0.202. The Kier molecular flexibility index (Phi) is 4.93. The lowest BCUT2D eigenvalue weighted by Crippen LogP contribution is -2.13. The Morgan fingerprint density at radius 2 is 2.17 bits per heavy atom. The summed E-state index contributed by atoms with van der Waals surface area (Å²) in [6.45, 7) is 2.98. The lowest BCUT2D eigenvalue weighted by atomic mass is 10.3. The molecule has 1 amide bonds. The molecule has 0 spiro atoms. The Hall–Kier alpha value is -0.540. The number of rotatable bonds is 2. The van der Waals surface area contributed by atoms with Gasteiger partial charge in [0.05, 0.1) is 16.1 Å². The molecule has 12 heavy (non-hydrogen) atoms. The summed E-state index contributed by atoms with van der Waals surface area (Å²) in [7, 11) is 0. The fourth-order valence-electron chi connectivity index (χ4n) is 0.587. The highest BCUT2D eigenvalue weighted by atomic mass is 35.5. The molecule has 0 saturated carbocycles. The molecule has 0 aliphatic rings. The van der Waals surface area contributed by atoms with Crippen molar-refractivity contribution in [2.75, 3.05) is 0 Å². The van der Waals surface area contributed by atoms with E-state index in [0.717, 1.165) is 6.20 Å². The van der Waals surface area contributed by atoms with Gasteiger partial charge < -0.3 is 5.73 Å². The van der Waals surface area contributed by atoms with E-state index < -0.39 is 5.38 Å². The van der Waals surface area contributed by atoms with Gasteiger partial charge in [-0.15, -0.1) is 11.6 Å². The molecule has 68 valence electrons.